The van der Waals surface area contributed by atoms with Gasteiger partial charge in [0, 0.05) is 12.5 Å². The van der Waals surface area contributed by atoms with Crippen molar-refractivity contribution in [2.45, 2.75) is 33.7 Å². The van der Waals surface area contributed by atoms with Crippen LogP contribution in [-0.2, 0) is 9.59 Å². The molecule has 0 saturated heterocycles. The Hall–Kier alpha value is -2.17. The van der Waals surface area contributed by atoms with Gasteiger partial charge in [-0.05, 0) is 25.0 Å². The van der Waals surface area contributed by atoms with Gasteiger partial charge in [0.25, 0.3) is 0 Å². The minimum Gasteiger partial charge on any atom is -0.344 e. The summed E-state index contributed by atoms with van der Waals surface area (Å²) in [5, 5.41) is 5.32. The Morgan fingerprint density at radius 1 is 1.05 bits per heavy atom. The Labute approximate surface area is 118 Å². The quantitative estimate of drug-likeness (QED) is 0.807. The first-order valence-electron chi connectivity index (χ1n) is 6.51. The maximum absolute atomic E-state index is 12.2. The molecular weight excluding hydrogens is 256 g/mol. The molecule has 1 aromatic carbocycles. The monoisotopic (exact) mass is 276 g/mol. The van der Waals surface area contributed by atoms with Crippen LogP contribution in [0.5, 0.6) is 0 Å². The number of para-hydroxylation sites is 1. The Morgan fingerprint density at radius 2 is 1.65 bits per heavy atom. The van der Waals surface area contributed by atoms with Crippen LogP contribution >= 0.6 is 0 Å². The Kier molecular flexibility index (Phi) is 5.43. The van der Waals surface area contributed by atoms with Crippen LogP contribution in [0.15, 0.2) is 24.3 Å². The molecule has 0 heterocycles. The van der Waals surface area contributed by atoms with Crippen molar-refractivity contribution in [2.75, 3.05) is 5.32 Å². The third-order valence-corrected chi connectivity index (χ3v) is 2.87. The van der Waals surface area contributed by atoms with Gasteiger partial charge < -0.3 is 10.6 Å². The summed E-state index contributed by atoms with van der Waals surface area (Å²) in [6.07, 6.45) is 0. The molecule has 1 aromatic rings. The lowest BCUT2D eigenvalue weighted by molar-refractivity contribution is -0.126. The molecule has 2 amide bonds. The summed E-state index contributed by atoms with van der Waals surface area (Å²) in [5.41, 5.74) is 0.909. The molecule has 0 aliphatic heterocycles. The van der Waals surface area contributed by atoms with E-state index in [-0.39, 0.29) is 23.5 Å². The molecule has 0 radical (unpaired) electrons. The van der Waals surface area contributed by atoms with Gasteiger partial charge in [-0.1, -0.05) is 26.0 Å². The van der Waals surface area contributed by atoms with Gasteiger partial charge in [0.15, 0.2) is 5.78 Å². The van der Waals surface area contributed by atoms with Gasteiger partial charge in [-0.2, -0.15) is 0 Å². The molecule has 0 aliphatic rings. The number of rotatable bonds is 5. The van der Waals surface area contributed by atoms with Crippen molar-refractivity contribution < 1.29 is 14.4 Å². The lowest BCUT2D eigenvalue weighted by Gasteiger charge is -2.21. The molecule has 108 valence electrons. The second-order valence-electron chi connectivity index (χ2n) is 5.01. The van der Waals surface area contributed by atoms with Gasteiger partial charge in [0.1, 0.15) is 6.04 Å². The van der Waals surface area contributed by atoms with Gasteiger partial charge in [-0.3, -0.25) is 14.4 Å². The number of Topliss-reactive ketones (excluding diaryl/α,β-unsaturated/α-hetero) is 1. The molecule has 0 bridgehead atoms. The molecule has 0 saturated carbocycles. The number of hydrogen-bond donors (Lipinski definition) is 2. The minimum atomic E-state index is -0.632. The zero-order valence-corrected chi connectivity index (χ0v) is 12.2. The van der Waals surface area contributed by atoms with E-state index in [1.807, 2.05) is 13.8 Å². The number of anilines is 1. The van der Waals surface area contributed by atoms with E-state index in [9.17, 15) is 14.4 Å². The normalized spacial score (nSPS) is 11.8. The second kappa shape index (κ2) is 6.84. The lowest BCUT2D eigenvalue weighted by atomic mass is 10.0. The maximum Gasteiger partial charge on any atom is 0.247 e. The summed E-state index contributed by atoms with van der Waals surface area (Å²) >= 11 is 0. The summed E-state index contributed by atoms with van der Waals surface area (Å²) in [7, 11) is 0. The van der Waals surface area contributed by atoms with E-state index in [2.05, 4.69) is 10.6 Å². The minimum absolute atomic E-state index is 0.0524. The fourth-order valence-electron chi connectivity index (χ4n) is 1.86. The molecule has 0 aliphatic carbocycles. The lowest BCUT2D eigenvalue weighted by Crippen LogP contribution is -2.46. The predicted octanol–water partition coefficient (Wildman–Crippen LogP) is 1.99. The average Bonchev–Trinajstić information content (AvgIpc) is 2.35. The SMILES string of the molecule is CC(=O)NC(C(=O)Nc1ccccc1C(C)=O)C(C)C. The molecule has 0 fully saturated rings. The van der Waals surface area contributed by atoms with Crippen LogP contribution in [0, 0.1) is 5.92 Å². The molecule has 2 N–H and O–H groups in total. The van der Waals surface area contributed by atoms with E-state index >= 15 is 0 Å². The molecule has 20 heavy (non-hydrogen) atoms. The first kappa shape index (κ1) is 15.9. The largest absolute Gasteiger partial charge is 0.344 e. The van der Waals surface area contributed by atoms with Crippen molar-refractivity contribution in [3.8, 4) is 0 Å². The van der Waals surface area contributed by atoms with Gasteiger partial charge >= 0.3 is 0 Å². The maximum atomic E-state index is 12.2. The molecule has 1 unspecified atom stereocenters. The van der Waals surface area contributed by atoms with Crippen LogP contribution in [0.2, 0.25) is 0 Å². The highest BCUT2D eigenvalue weighted by Crippen LogP contribution is 2.16. The third kappa shape index (κ3) is 4.19. The number of amides is 2. The van der Waals surface area contributed by atoms with E-state index in [1.54, 1.807) is 24.3 Å². The Balaban J connectivity index is 2.94. The van der Waals surface area contributed by atoms with E-state index < -0.39 is 6.04 Å². The fraction of sp³-hybridized carbons (Fsp3) is 0.400. The smallest absolute Gasteiger partial charge is 0.247 e. The van der Waals surface area contributed by atoms with Crippen LogP contribution < -0.4 is 10.6 Å². The predicted molar refractivity (Wildman–Crippen MR) is 77.5 cm³/mol. The highest BCUT2D eigenvalue weighted by Gasteiger charge is 2.23. The first-order chi connectivity index (χ1) is 9.32. The van der Waals surface area contributed by atoms with Crippen molar-refractivity contribution in [1.29, 1.82) is 0 Å². The van der Waals surface area contributed by atoms with E-state index in [0.717, 1.165) is 0 Å². The average molecular weight is 276 g/mol. The summed E-state index contributed by atoms with van der Waals surface area (Å²) in [5.74, 6) is -0.771. The number of hydrogen-bond acceptors (Lipinski definition) is 3. The molecule has 0 aromatic heterocycles. The Bertz CT molecular complexity index is 524. The number of nitrogens with one attached hydrogen (secondary N) is 2. The topological polar surface area (TPSA) is 75.3 Å². The molecule has 5 nitrogen and oxygen atoms in total. The van der Waals surface area contributed by atoms with Gasteiger partial charge in [-0.15, -0.1) is 0 Å². The van der Waals surface area contributed by atoms with Gasteiger partial charge in [0.05, 0.1) is 5.69 Å². The molecule has 1 atom stereocenters. The van der Waals surface area contributed by atoms with Crippen molar-refractivity contribution in [3.05, 3.63) is 29.8 Å². The van der Waals surface area contributed by atoms with Crippen molar-refractivity contribution in [2.24, 2.45) is 5.92 Å². The van der Waals surface area contributed by atoms with Gasteiger partial charge in [0.2, 0.25) is 11.8 Å². The van der Waals surface area contributed by atoms with Crippen LogP contribution in [0.4, 0.5) is 5.69 Å². The van der Waals surface area contributed by atoms with Crippen LogP contribution in [-0.4, -0.2) is 23.6 Å². The Morgan fingerprint density at radius 3 is 2.15 bits per heavy atom. The standard InChI is InChI=1S/C15H20N2O3/c1-9(2)14(16-11(4)19)15(20)17-13-8-6-5-7-12(13)10(3)18/h5-9,14H,1-4H3,(H,16,19)(H,17,20). The van der Waals surface area contributed by atoms with Gasteiger partial charge in [-0.25, -0.2) is 0 Å². The summed E-state index contributed by atoms with van der Waals surface area (Å²) in [6.45, 7) is 6.50. The van der Waals surface area contributed by atoms with Crippen LogP contribution in [0.25, 0.3) is 0 Å². The highest BCUT2D eigenvalue weighted by molar-refractivity contribution is 6.05. The number of carbonyl (C=O) groups is 3. The molecular formula is C15H20N2O3. The fourth-order valence-corrected chi connectivity index (χ4v) is 1.86. The summed E-state index contributed by atoms with van der Waals surface area (Å²) in [4.78, 5) is 34.9. The number of benzene rings is 1. The molecule has 1 rings (SSSR count). The van der Waals surface area contributed by atoms with Crippen molar-refractivity contribution in [3.63, 3.8) is 0 Å². The van der Waals surface area contributed by atoms with Crippen molar-refractivity contribution >= 4 is 23.3 Å². The van der Waals surface area contributed by atoms with E-state index in [1.165, 1.54) is 13.8 Å². The zero-order chi connectivity index (χ0) is 15.3. The first-order valence-corrected chi connectivity index (χ1v) is 6.51. The van der Waals surface area contributed by atoms with E-state index in [4.69, 9.17) is 0 Å². The second-order valence-corrected chi connectivity index (χ2v) is 5.01. The number of ketones is 1. The summed E-state index contributed by atoms with van der Waals surface area (Å²) in [6, 6.07) is 6.17. The van der Waals surface area contributed by atoms with Crippen LogP contribution in [0.3, 0.4) is 0 Å². The highest BCUT2D eigenvalue weighted by atomic mass is 16.2. The molecule has 0 spiro atoms. The zero-order valence-electron chi connectivity index (χ0n) is 12.2. The summed E-state index contributed by atoms with van der Waals surface area (Å²) < 4.78 is 0. The van der Waals surface area contributed by atoms with E-state index in [0.29, 0.717) is 11.3 Å². The molecule has 5 heteroatoms. The van der Waals surface area contributed by atoms with Crippen LogP contribution in [0.1, 0.15) is 38.1 Å². The third-order valence-electron chi connectivity index (χ3n) is 2.87. The number of carbonyl (C=O) groups excluding carboxylic acids is 3. The van der Waals surface area contributed by atoms with Crippen molar-refractivity contribution in [1.82, 2.24) is 5.32 Å².